The van der Waals surface area contributed by atoms with Crippen molar-refractivity contribution in [2.75, 3.05) is 18.0 Å². The molecule has 3 rings (SSSR count). The highest BCUT2D eigenvalue weighted by molar-refractivity contribution is 5.56. The topological polar surface area (TPSA) is 66.8 Å². The molecule has 5 nitrogen and oxygen atoms in total. The third-order valence-electron chi connectivity index (χ3n) is 4.16. The highest BCUT2D eigenvalue weighted by Gasteiger charge is 2.27. The van der Waals surface area contributed by atoms with E-state index in [1.165, 1.54) is 0 Å². The normalized spacial score (nSPS) is 24.1. The SMILES string of the molecule is CC1(O)CCCN(c2nc3ccccn3c2CN)CC1. The maximum absolute atomic E-state index is 10.2. The number of imidazole rings is 1. The second kappa shape index (κ2) is 5.07. The quantitative estimate of drug-likeness (QED) is 0.871. The Morgan fingerprint density at radius 2 is 2.20 bits per heavy atom. The summed E-state index contributed by atoms with van der Waals surface area (Å²) in [6.07, 6.45) is 4.59. The summed E-state index contributed by atoms with van der Waals surface area (Å²) in [6.45, 7) is 4.13. The number of anilines is 1. The molecule has 2 aromatic rings. The predicted octanol–water partition coefficient (Wildman–Crippen LogP) is 1.53. The monoisotopic (exact) mass is 274 g/mol. The molecule has 2 aromatic heterocycles. The summed E-state index contributed by atoms with van der Waals surface area (Å²) >= 11 is 0. The first-order valence-electron chi connectivity index (χ1n) is 7.24. The van der Waals surface area contributed by atoms with Crippen LogP contribution in [0, 0.1) is 0 Å². The van der Waals surface area contributed by atoms with E-state index in [4.69, 9.17) is 10.7 Å². The second-order valence-electron chi connectivity index (χ2n) is 5.85. The number of pyridine rings is 1. The molecular weight excluding hydrogens is 252 g/mol. The number of fused-ring (bicyclic) bond motifs is 1. The molecule has 0 aromatic carbocycles. The number of hydrogen-bond acceptors (Lipinski definition) is 4. The molecule has 1 aliphatic heterocycles. The lowest BCUT2D eigenvalue weighted by Gasteiger charge is -2.23. The first-order valence-corrected chi connectivity index (χ1v) is 7.24. The summed E-state index contributed by atoms with van der Waals surface area (Å²) in [5, 5.41) is 10.2. The van der Waals surface area contributed by atoms with Crippen LogP contribution in [0.3, 0.4) is 0 Å². The Hall–Kier alpha value is -1.59. The van der Waals surface area contributed by atoms with Gasteiger partial charge in [0.05, 0.1) is 11.3 Å². The van der Waals surface area contributed by atoms with Crippen molar-refractivity contribution >= 4 is 11.5 Å². The van der Waals surface area contributed by atoms with Crippen LogP contribution >= 0.6 is 0 Å². The lowest BCUT2D eigenvalue weighted by atomic mass is 9.98. The largest absolute Gasteiger partial charge is 0.390 e. The molecule has 1 atom stereocenters. The molecule has 5 heteroatoms. The molecule has 108 valence electrons. The van der Waals surface area contributed by atoms with Gasteiger partial charge < -0.3 is 20.1 Å². The van der Waals surface area contributed by atoms with Crippen molar-refractivity contribution in [1.29, 1.82) is 0 Å². The molecule has 1 unspecified atom stereocenters. The molecule has 20 heavy (non-hydrogen) atoms. The van der Waals surface area contributed by atoms with Gasteiger partial charge in [0.15, 0.2) is 5.82 Å². The van der Waals surface area contributed by atoms with Crippen molar-refractivity contribution in [3.05, 3.63) is 30.1 Å². The highest BCUT2D eigenvalue weighted by Crippen LogP contribution is 2.27. The summed E-state index contributed by atoms with van der Waals surface area (Å²) < 4.78 is 2.05. The van der Waals surface area contributed by atoms with Crippen molar-refractivity contribution in [2.45, 2.75) is 38.3 Å². The zero-order valence-corrected chi connectivity index (χ0v) is 11.9. The molecule has 0 spiro atoms. The molecule has 0 radical (unpaired) electrons. The molecule has 1 saturated heterocycles. The Morgan fingerprint density at radius 3 is 3.00 bits per heavy atom. The van der Waals surface area contributed by atoms with Gasteiger partial charge in [-0.1, -0.05) is 6.07 Å². The van der Waals surface area contributed by atoms with Gasteiger partial charge in [0.1, 0.15) is 5.65 Å². The number of aliphatic hydroxyl groups is 1. The third-order valence-corrected chi connectivity index (χ3v) is 4.16. The Labute approximate surface area is 119 Å². The summed E-state index contributed by atoms with van der Waals surface area (Å²) in [5.41, 5.74) is 7.34. The van der Waals surface area contributed by atoms with E-state index in [0.717, 1.165) is 49.5 Å². The van der Waals surface area contributed by atoms with Crippen molar-refractivity contribution in [3.8, 4) is 0 Å². The van der Waals surface area contributed by atoms with E-state index < -0.39 is 5.60 Å². The molecule has 0 amide bonds. The van der Waals surface area contributed by atoms with Gasteiger partial charge in [0.2, 0.25) is 0 Å². The minimum atomic E-state index is -0.559. The highest BCUT2D eigenvalue weighted by atomic mass is 16.3. The van der Waals surface area contributed by atoms with Crippen LogP contribution in [-0.4, -0.2) is 33.2 Å². The molecule has 0 aliphatic carbocycles. The van der Waals surface area contributed by atoms with Gasteiger partial charge in [0.25, 0.3) is 0 Å². The average molecular weight is 274 g/mol. The van der Waals surface area contributed by atoms with Crippen LogP contribution < -0.4 is 10.6 Å². The van der Waals surface area contributed by atoms with E-state index in [1.54, 1.807) is 0 Å². The lowest BCUT2D eigenvalue weighted by Crippen LogP contribution is -2.29. The van der Waals surface area contributed by atoms with Gasteiger partial charge >= 0.3 is 0 Å². The standard InChI is InChI=1S/C15H22N4O/c1-15(20)6-4-8-18(10-7-15)14-12(11-16)19-9-3-2-5-13(19)17-14/h2-3,5,9,20H,4,6-8,10-11,16H2,1H3. The van der Waals surface area contributed by atoms with Crippen LogP contribution in [-0.2, 0) is 6.54 Å². The minimum absolute atomic E-state index is 0.466. The summed E-state index contributed by atoms with van der Waals surface area (Å²) in [7, 11) is 0. The molecule has 1 fully saturated rings. The van der Waals surface area contributed by atoms with Gasteiger partial charge in [-0.3, -0.25) is 0 Å². The van der Waals surface area contributed by atoms with Gasteiger partial charge in [-0.05, 0) is 38.3 Å². The Kier molecular flexibility index (Phi) is 3.40. The number of nitrogens with zero attached hydrogens (tertiary/aromatic N) is 3. The third kappa shape index (κ3) is 2.39. The number of rotatable bonds is 2. The predicted molar refractivity (Wildman–Crippen MR) is 79.8 cm³/mol. The van der Waals surface area contributed by atoms with Crippen molar-refractivity contribution in [3.63, 3.8) is 0 Å². The first-order chi connectivity index (χ1) is 9.61. The summed E-state index contributed by atoms with van der Waals surface area (Å²) in [4.78, 5) is 6.98. The van der Waals surface area contributed by atoms with E-state index in [1.807, 2.05) is 31.3 Å². The van der Waals surface area contributed by atoms with Crippen molar-refractivity contribution in [1.82, 2.24) is 9.38 Å². The van der Waals surface area contributed by atoms with Gasteiger partial charge in [-0.15, -0.1) is 0 Å². The van der Waals surface area contributed by atoms with E-state index in [-0.39, 0.29) is 0 Å². The molecule has 0 saturated carbocycles. The second-order valence-corrected chi connectivity index (χ2v) is 5.85. The van der Waals surface area contributed by atoms with Crippen molar-refractivity contribution in [2.24, 2.45) is 5.73 Å². The van der Waals surface area contributed by atoms with Gasteiger partial charge in [0, 0.05) is 25.8 Å². The van der Waals surface area contributed by atoms with E-state index >= 15 is 0 Å². The number of nitrogens with two attached hydrogens (primary N) is 1. The Balaban J connectivity index is 1.97. The van der Waals surface area contributed by atoms with E-state index in [9.17, 15) is 5.11 Å². The number of hydrogen-bond donors (Lipinski definition) is 2. The zero-order chi connectivity index (χ0) is 14.2. The average Bonchev–Trinajstić information content (AvgIpc) is 2.70. The smallest absolute Gasteiger partial charge is 0.152 e. The van der Waals surface area contributed by atoms with Crippen LogP contribution in [0.1, 0.15) is 31.9 Å². The summed E-state index contributed by atoms with van der Waals surface area (Å²) in [6, 6.07) is 5.97. The molecular formula is C15H22N4O. The maximum Gasteiger partial charge on any atom is 0.152 e. The molecule has 3 N–H and O–H groups in total. The lowest BCUT2D eigenvalue weighted by molar-refractivity contribution is 0.0481. The van der Waals surface area contributed by atoms with Gasteiger partial charge in [-0.2, -0.15) is 0 Å². The Morgan fingerprint density at radius 1 is 1.35 bits per heavy atom. The van der Waals surface area contributed by atoms with E-state index in [2.05, 4.69) is 9.30 Å². The van der Waals surface area contributed by atoms with Crippen LogP contribution in [0.2, 0.25) is 0 Å². The first kappa shape index (κ1) is 13.4. The number of aromatic nitrogens is 2. The van der Waals surface area contributed by atoms with Crippen molar-refractivity contribution < 1.29 is 5.11 Å². The fraction of sp³-hybridized carbons (Fsp3) is 0.533. The summed E-state index contributed by atoms with van der Waals surface area (Å²) in [5.74, 6) is 0.969. The fourth-order valence-electron chi connectivity index (χ4n) is 2.95. The maximum atomic E-state index is 10.2. The fourth-order valence-corrected chi connectivity index (χ4v) is 2.95. The minimum Gasteiger partial charge on any atom is -0.390 e. The zero-order valence-electron chi connectivity index (χ0n) is 11.9. The molecule has 1 aliphatic rings. The van der Waals surface area contributed by atoms with Crippen LogP contribution in [0.15, 0.2) is 24.4 Å². The van der Waals surface area contributed by atoms with Crippen LogP contribution in [0.5, 0.6) is 0 Å². The van der Waals surface area contributed by atoms with Gasteiger partial charge in [-0.25, -0.2) is 4.98 Å². The molecule has 3 heterocycles. The van der Waals surface area contributed by atoms with Crippen LogP contribution in [0.25, 0.3) is 5.65 Å². The Bertz CT molecular complexity index is 605. The van der Waals surface area contributed by atoms with Crippen LogP contribution in [0.4, 0.5) is 5.82 Å². The molecule has 0 bridgehead atoms. The van der Waals surface area contributed by atoms with E-state index in [0.29, 0.717) is 6.54 Å².